The van der Waals surface area contributed by atoms with Crippen LogP contribution in [0.3, 0.4) is 0 Å². The number of aryl methyl sites for hydroxylation is 1. The van der Waals surface area contributed by atoms with Crippen LogP contribution in [0.5, 0.6) is 0 Å². The number of carboxylic acids is 1. The first-order chi connectivity index (χ1) is 8.15. The van der Waals surface area contributed by atoms with E-state index in [0.717, 1.165) is 30.5 Å². The number of rotatable bonds is 4. The minimum atomic E-state index is -0.778. The van der Waals surface area contributed by atoms with E-state index in [-0.39, 0.29) is 12.5 Å². The molecule has 0 saturated carbocycles. The van der Waals surface area contributed by atoms with E-state index in [2.05, 4.69) is 9.88 Å². The molecule has 1 saturated heterocycles. The number of anilines is 1. The summed E-state index contributed by atoms with van der Waals surface area (Å²) in [6.45, 7) is 4.48. The third kappa shape index (κ3) is 3.41. The maximum atomic E-state index is 10.5. The average Bonchev–Trinajstić information content (AvgIpc) is 2.75. The molecule has 2 rings (SSSR count). The Balaban J connectivity index is 1.95. The summed E-state index contributed by atoms with van der Waals surface area (Å²) in [6.07, 6.45) is 0.879. The van der Waals surface area contributed by atoms with Gasteiger partial charge in [-0.3, -0.25) is 4.79 Å². The Morgan fingerprint density at radius 2 is 2.59 bits per heavy atom. The number of hydrogen-bond donors (Lipinski definition) is 1. The van der Waals surface area contributed by atoms with Gasteiger partial charge in [0.15, 0.2) is 5.13 Å². The third-order valence-corrected chi connectivity index (χ3v) is 3.60. The van der Waals surface area contributed by atoms with Crippen molar-refractivity contribution in [1.82, 2.24) is 4.98 Å². The predicted octanol–water partition coefficient (Wildman–Crippen LogP) is 1.39. The van der Waals surface area contributed by atoms with E-state index in [4.69, 9.17) is 9.84 Å². The fourth-order valence-corrected chi connectivity index (χ4v) is 2.68. The zero-order chi connectivity index (χ0) is 12.3. The van der Waals surface area contributed by atoms with E-state index < -0.39 is 5.97 Å². The molecule has 0 amide bonds. The molecule has 1 N–H and O–H groups in total. The van der Waals surface area contributed by atoms with Gasteiger partial charge in [0.2, 0.25) is 0 Å². The Labute approximate surface area is 104 Å². The SMILES string of the molecule is CC1CN(c2nc(CCC(=O)O)cs2)CCO1. The summed E-state index contributed by atoms with van der Waals surface area (Å²) >= 11 is 1.58. The summed E-state index contributed by atoms with van der Waals surface area (Å²) in [5, 5.41) is 11.5. The lowest BCUT2D eigenvalue weighted by Gasteiger charge is -2.30. The van der Waals surface area contributed by atoms with Crippen LogP contribution in [0.15, 0.2) is 5.38 Å². The highest BCUT2D eigenvalue weighted by Gasteiger charge is 2.19. The highest BCUT2D eigenvalue weighted by Crippen LogP contribution is 2.23. The molecule has 1 atom stereocenters. The topological polar surface area (TPSA) is 62.7 Å². The van der Waals surface area contributed by atoms with Gasteiger partial charge < -0.3 is 14.7 Å². The number of nitrogens with zero attached hydrogens (tertiary/aromatic N) is 2. The second-order valence-electron chi connectivity index (χ2n) is 4.14. The van der Waals surface area contributed by atoms with Crippen molar-refractivity contribution in [2.75, 3.05) is 24.6 Å². The van der Waals surface area contributed by atoms with Gasteiger partial charge in [0.1, 0.15) is 0 Å². The Morgan fingerprint density at radius 1 is 1.76 bits per heavy atom. The fraction of sp³-hybridized carbons (Fsp3) is 0.636. The highest BCUT2D eigenvalue weighted by molar-refractivity contribution is 7.13. The van der Waals surface area contributed by atoms with Crippen LogP contribution < -0.4 is 4.90 Å². The van der Waals surface area contributed by atoms with Crippen LogP contribution >= 0.6 is 11.3 Å². The molecule has 17 heavy (non-hydrogen) atoms. The van der Waals surface area contributed by atoms with E-state index >= 15 is 0 Å². The Bertz CT molecular complexity index is 394. The zero-order valence-electron chi connectivity index (χ0n) is 9.76. The van der Waals surface area contributed by atoms with Crippen LogP contribution in [0, 0.1) is 0 Å². The van der Waals surface area contributed by atoms with Crippen LogP contribution in [0.4, 0.5) is 5.13 Å². The molecule has 1 aliphatic rings. The second kappa shape index (κ2) is 5.46. The summed E-state index contributed by atoms with van der Waals surface area (Å²) in [6, 6.07) is 0. The first kappa shape index (κ1) is 12.3. The van der Waals surface area contributed by atoms with E-state index in [0.29, 0.717) is 6.42 Å². The smallest absolute Gasteiger partial charge is 0.303 e. The van der Waals surface area contributed by atoms with Crippen molar-refractivity contribution < 1.29 is 14.6 Å². The van der Waals surface area contributed by atoms with Gasteiger partial charge in [-0.05, 0) is 6.92 Å². The van der Waals surface area contributed by atoms with Gasteiger partial charge in [0.25, 0.3) is 0 Å². The summed E-state index contributed by atoms with van der Waals surface area (Å²) in [7, 11) is 0. The van der Waals surface area contributed by atoms with Gasteiger partial charge >= 0.3 is 5.97 Å². The number of thiazole rings is 1. The van der Waals surface area contributed by atoms with E-state index in [1.807, 2.05) is 12.3 Å². The van der Waals surface area contributed by atoms with Gasteiger partial charge in [-0.15, -0.1) is 11.3 Å². The number of aliphatic carboxylic acids is 1. The standard InChI is InChI=1S/C11H16N2O3S/c1-8-6-13(4-5-16-8)11-12-9(7-17-11)2-3-10(14)15/h7-8H,2-6H2,1H3,(H,14,15). The lowest BCUT2D eigenvalue weighted by molar-refractivity contribution is -0.136. The highest BCUT2D eigenvalue weighted by atomic mass is 32.1. The van der Waals surface area contributed by atoms with Crippen molar-refractivity contribution in [2.45, 2.75) is 25.9 Å². The van der Waals surface area contributed by atoms with E-state index in [1.54, 1.807) is 11.3 Å². The Kier molecular flexibility index (Phi) is 3.96. The summed E-state index contributed by atoms with van der Waals surface area (Å²) in [5.41, 5.74) is 0.867. The Morgan fingerprint density at radius 3 is 3.29 bits per heavy atom. The third-order valence-electron chi connectivity index (χ3n) is 2.65. The molecule has 0 radical (unpaired) electrons. The minimum Gasteiger partial charge on any atom is -0.481 e. The lowest BCUT2D eigenvalue weighted by Crippen LogP contribution is -2.41. The fourth-order valence-electron chi connectivity index (χ4n) is 1.78. The maximum Gasteiger partial charge on any atom is 0.303 e. The molecule has 1 aromatic rings. The van der Waals surface area contributed by atoms with Crippen molar-refractivity contribution >= 4 is 22.4 Å². The van der Waals surface area contributed by atoms with Crippen LogP contribution in [-0.2, 0) is 16.0 Å². The minimum absolute atomic E-state index is 0.142. The molecule has 5 nitrogen and oxygen atoms in total. The van der Waals surface area contributed by atoms with Gasteiger partial charge in [-0.25, -0.2) is 4.98 Å². The number of carboxylic acid groups (broad SMARTS) is 1. The number of morpholine rings is 1. The van der Waals surface area contributed by atoms with Crippen LogP contribution in [0.1, 0.15) is 19.0 Å². The number of hydrogen-bond acceptors (Lipinski definition) is 5. The summed E-state index contributed by atoms with van der Waals surface area (Å²) in [4.78, 5) is 17.1. The van der Waals surface area contributed by atoms with Crippen LogP contribution in [-0.4, -0.2) is 41.9 Å². The number of aromatic nitrogens is 1. The predicted molar refractivity (Wildman–Crippen MR) is 65.7 cm³/mol. The molecule has 94 valence electrons. The molecule has 0 spiro atoms. The Hall–Kier alpha value is -1.14. The van der Waals surface area contributed by atoms with E-state index in [1.165, 1.54) is 0 Å². The van der Waals surface area contributed by atoms with Crippen molar-refractivity contribution in [3.8, 4) is 0 Å². The van der Waals surface area contributed by atoms with Crippen molar-refractivity contribution in [2.24, 2.45) is 0 Å². The largest absolute Gasteiger partial charge is 0.481 e. The van der Waals surface area contributed by atoms with Gasteiger partial charge in [0.05, 0.1) is 24.8 Å². The summed E-state index contributed by atoms with van der Waals surface area (Å²) < 4.78 is 5.47. The van der Waals surface area contributed by atoms with Gasteiger partial charge in [0, 0.05) is 24.9 Å². The van der Waals surface area contributed by atoms with Crippen LogP contribution in [0.2, 0.25) is 0 Å². The normalized spacial score (nSPS) is 20.5. The molecule has 6 heteroatoms. The molecule has 1 unspecified atom stereocenters. The first-order valence-electron chi connectivity index (χ1n) is 5.68. The van der Waals surface area contributed by atoms with E-state index in [9.17, 15) is 4.79 Å². The molecule has 1 fully saturated rings. The molecule has 0 bridgehead atoms. The van der Waals surface area contributed by atoms with Crippen LogP contribution in [0.25, 0.3) is 0 Å². The van der Waals surface area contributed by atoms with Gasteiger partial charge in [-0.1, -0.05) is 0 Å². The monoisotopic (exact) mass is 256 g/mol. The van der Waals surface area contributed by atoms with Crippen molar-refractivity contribution in [3.63, 3.8) is 0 Å². The summed E-state index contributed by atoms with van der Waals surface area (Å²) in [5.74, 6) is -0.778. The molecular weight excluding hydrogens is 240 g/mol. The quantitative estimate of drug-likeness (QED) is 0.882. The molecule has 0 aromatic carbocycles. The van der Waals surface area contributed by atoms with Crippen molar-refractivity contribution in [3.05, 3.63) is 11.1 Å². The molecule has 1 aliphatic heterocycles. The van der Waals surface area contributed by atoms with Gasteiger partial charge in [-0.2, -0.15) is 0 Å². The maximum absolute atomic E-state index is 10.5. The molecule has 2 heterocycles. The molecular formula is C11H16N2O3S. The number of carbonyl (C=O) groups is 1. The lowest BCUT2D eigenvalue weighted by atomic mass is 10.2. The first-order valence-corrected chi connectivity index (χ1v) is 6.56. The number of ether oxygens (including phenoxy) is 1. The second-order valence-corrected chi connectivity index (χ2v) is 4.98. The molecule has 1 aromatic heterocycles. The zero-order valence-corrected chi connectivity index (χ0v) is 10.6. The molecule has 0 aliphatic carbocycles. The van der Waals surface area contributed by atoms with Crippen molar-refractivity contribution in [1.29, 1.82) is 0 Å². The average molecular weight is 256 g/mol.